The molecule has 0 saturated carbocycles. The molecular formula is C12H28N2S. The van der Waals surface area contributed by atoms with Crippen LogP contribution in [0, 0.1) is 0 Å². The molecule has 0 bridgehead atoms. The van der Waals surface area contributed by atoms with E-state index in [1.165, 1.54) is 37.3 Å². The van der Waals surface area contributed by atoms with Crippen molar-refractivity contribution < 1.29 is 0 Å². The number of hydrogen-bond acceptors (Lipinski definition) is 3. The molecule has 0 aromatic rings. The summed E-state index contributed by atoms with van der Waals surface area (Å²) in [4.78, 5) is 2.25. The molecule has 2 nitrogen and oxygen atoms in total. The minimum atomic E-state index is 0.694. The average Bonchev–Trinajstić information content (AvgIpc) is 2.19. The molecule has 0 heterocycles. The molecule has 1 unspecified atom stereocenters. The molecule has 0 radical (unpaired) electrons. The maximum Gasteiger partial charge on any atom is 0.00662 e. The topological polar surface area (TPSA) is 15.3 Å². The van der Waals surface area contributed by atoms with Crippen LogP contribution in [0.2, 0.25) is 0 Å². The smallest absolute Gasteiger partial charge is 0.00662 e. The first-order valence-electron chi connectivity index (χ1n) is 6.12. The Kier molecular flexibility index (Phi) is 11.0. The largest absolute Gasteiger partial charge is 0.314 e. The van der Waals surface area contributed by atoms with E-state index in [1.54, 1.807) is 0 Å². The van der Waals surface area contributed by atoms with E-state index in [4.69, 9.17) is 0 Å². The zero-order valence-electron chi connectivity index (χ0n) is 10.9. The van der Waals surface area contributed by atoms with Crippen molar-refractivity contribution in [1.29, 1.82) is 0 Å². The van der Waals surface area contributed by atoms with Gasteiger partial charge in [0.15, 0.2) is 0 Å². The van der Waals surface area contributed by atoms with Crippen molar-refractivity contribution >= 4 is 11.8 Å². The van der Waals surface area contributed by atoms with Gasteiger partial charge in [-0.05, 0) is 52.6 Å². The Labute approximate surface area is 100 Å². The van der Waals surface area contributed by atoms with Gasteiger partial charge in [0, 0.05) is 18.3 Å². The number of hydrogen-bond donors (Lipinski definition) is 1. The van der Waals surface area contributed by atoms with Crippen molar-refractivity contribution in [3.63, 3.8) is 0 Å². The van der Waals surface area contributed by atoms with Crippen molar-refractivity contribution in [2.75, 3.05) is 38.7 Å². The summed E-state index contributed by atoms with van der Waals surface area (Å²) in [6.45, 7) is 6.88. The highest BCUT2D eigenvalue weighted by molar-refractivity contribution is 7.99. The standard InChI is InChI=1S/C12H28N2S/c1-5-8-13-12(2)7-6-10-15-11-9-14(3)4/h12-13H,5-11H2,1-4H3. The quantitative estimate of drug-likeness (QED) is 0.583. The van der Waals surface area contributed by atoms with Gasteiger partial charge in [0.2, 0.25) is 0 Å². The van der Waals surface area contributed by atoms with E-state index in [0.29, 0.717) is 6.04 Å². The maximum absolute atomic E-state index is 3.52. The molecule has 0 amide bonds. The lowest BCUT2D eigenvalue weighted by Gasteiger charge is -2.13. The third kappa shape index (κ3) is 12.2. The van der Waals surface area contributed by atoms with Crippen molar-refractivity contribution in [2.45, 2.75) is 39.2 Å². The van der Waals surface area contributed by atoms with Crippen LogP contribution in [-0.2, 0) is 0 Å². The van der Waals surface area contributed by atoms with Gasteiger partial charge in [-0.1, -0.05) is 6.92 Å². The Balaban J connectivity index is 3.09. The van der Waals surface area contributed by atoms with Crippen LogP contribution < -0.4 is 5.32 Å². The van der Waals surface area contributed by atoms with Crippen molar-refractivity contribution in [1.82, 2.24) is 10.2 Å². The molecule has 0 aliphatic heterocycles. The minimum absolute atomic E-state index is 0.694. The number of thioether (sulfide) groups is 1. The summed E-state index contributed by atoms with van der Waals surface area (Å²) in [5, 5.41) is 3.52. The summed E-state index contributed by atoms with van der Waals surface area (Å²) in [7, 11) is 4.27. The van der Waals surface area contributed by atoms with Crippen LogP contribution in [0.4, 0.5) is 0 Å². The van der Waals surface area contributed by atoms with Gasteiger partial charge >= 0.3 is 0 Å². The molecule has 0 aliphatic rings. The highest BCUT2D eigenvalue weighted by atomic mass is 32.2. The second-order valence-corrected chi connectivity index (χ2v) is 5.64. The van der Waals surface area contributed by atoms with Crippen LogP contribution in [0.5, 0.6) is 0 Å². The predicted molar refractivity (Wildman–Crippen MR) is 72.9 cm³/mol. The number of nitrogens with zero attached hydrogens (tertiary/aromatic N) is 1. The third-order valence-corrected chi connectivity index (χ3v) is 3.40. The molecule has 0 spiro atoms. The zero-order chi connectivity index (χ0) is 11.5. The van der Waals surface area contributed by atoms with Gasteiger partial charge in [-0.15, -0.1) is 0 Å². The van der Waals surface area contributed by atoms with E-state index < -0.39 is 0 Å². The summed E-state index contributed by atoms with van der Waals surface area (Å²) in [6.07, 6.45) is 3.90. The Morgan fingerprint density at radius 3 is 2.60 bits per heavy atom. The molecule has 92 valence electrons. The fourth-order valence-corrected chi connectivity index (χ4v) is 2.40. The number of rotatable bonds is 10. The second-order valence-electron chi connectivity index (χ2n) is 4.41. The minimum Gasteiger partial charge on any atom is -0.314 e. The molecule has 1 atom stereocenters. The molecule has 1 N–H and O–H groups in total. The maximum atomic E-state index is 3.52. The van der Waals surface area contributed by atoms with E-state index in [2.05, 4.69) is 49.9 Å². The monoisotopic (exact) mass is 232 g/mol. The first-order chi connectivity index (χ1) is 7.16. The lowest BCUT2D eigenvalue weighted by Crippen LogP contribution is -2.26. The summed E-state index contributed by atoms with van der Waals surface area (Å²) in [6, 6.07) is 0.694. The SMILES string of the molecule is CCCNC(C)CCCSCCN(C)C. The Morgan fingerprint density at radius 2 is 2.00 bits per heavy atom. The van der Waals surface area contributed by atoms with Gasteiger partial charge in [0.1, 0.15) is 0 Å². The molecule has 0 aromatic carbocycles. The van der Waals surface area contributed by atoms with Crippen LogP contribution in [0.3, 0.4) is 0 Å². The van der Waals surface area contributed by atoms with E-state index in [-0.39, 0.29) is 0 Å². The third-order valence-electron chi connectivity index (χ3n) is 2.35. The molecule has 0 aliphatic carbocycles. The van der Waals surface area contributed by atoms with Gasteiger partial charge in [-0.3, -0.25) is 0 Å². The van der Waals surface area contributed by atoms with E-state index in [0.717, 1.165) is 6.54 Å². The summed E-state index contributed by atoms with van der Waals surface area (Å²) in [5.41, 5.74) is 0. The van der Waals surface area contributed by atoms with Crippen LogP contribution in [0.1, 0.15) is 33.1 Å². The lowest BCUT2D eigenvalue weighted by atomic mass is 10.2. The van der Waals surface area contributed by atoms with Gasteiger partial charge in [-0.25, -0.2) is 0 Å². The van der Waals surface area contributed by atoms with E-state index in [9.17, 15) is 0 Å². The summed E-state index contributed by atoms with van der Waals surface area (Å²) < 4.78 is 0. The Bertz CT molecular complexity index is 129. The average molecular weight is 232 g/mol. The molecule has 0 fully saturated rings. The van der Waals surface area contributed by atoms with Crippen LogP contribution >= 0.6 is 11.8 Å². The fraction of sp³-hybridized carbons (Fsp3) is 1.00. The molecule has 0 saturated heterocycles. The van der Waals surface area contributed by atoms with Crippen molar-refractivity contribution in [3.05, 3.63) is 0 Å². The van der Waals surface area contributed by atoms with E-state index in [1.807, 2.05) is 0 Å². The first kappa shape index (κ1) is 15.3. The highest BCUT2D eigenvalue weighted by Gasteiger charge is 1.99. The molecular weight excluding hydrogens is 204 g/mol. The normalized spacial score (nSPS) is 13.4. The number of nitrogens with one attached hydrogen (secondary N) is 1. The lowest BCUT2D eigenvalue weighted by molar-refractivity contribution is 0.437. The summed E-state index contributed by atoms with van der Waals surface area (Å²) >= 11 is 2.08. The van der Waals surface area contributed by atoms with Gasteiger partial charge < -0.3 is 10.2 Å². The first-order valence-corrected chi connectivity index (χ1v) is 7.28. The van der Waals surface area contributed by atoms with Crippen LogP contribution in [0.15, 0.2) is 0 Å². The highest BCUT2D eigenvalue weighted by Crippen LogP contribution is 2.06. The zero-order valence-corrected chi connectivity index (χ0v) is 11.7. The predicted octanol–water partition coefficient (Wildman–Crippen LogP) is 2.45. The second kappa shape index (κ2) is 10.8. The summed E-state index contributed by atoms with van der Waals surface area (Å²) in [5.74, 6) is 2.58. The Morgan fingerprint density at radius 1 is 1.27 bits per heavy atom. The van der Waals surface area contributed by atoms with Crippen LogP contribution in [-0.4, -0.2) is 49.6 Å². The molecule has 3 heteroatoms. The van der Waals surface area contributed by atoms with Gasteiger partial charge in [0.25, 0.3) is 0 Å². The molecule has 0 rings (SSSR count). The fourth-order valence-electron chi connectivity index (χ4n) is 1.33. The van der Waals surface area contributed by atoms with Gasteiger partial charge in [0.05, 0.1) is 0 Å². The van der Waals surface area contributed by atoms with E-state index >= 15 is 0 Å². The van der Waals surface area contributed by atoms with Gasteiger partial charge in [-0.2, -0.15) is 11.8 Å². The van der Waals surface area contributed by atoms with Crippen molar-refractivity contribution in [2.24, 2.45) is 0 Å². The van der Waals surface area contributed by atoms with Crippen molar-refractivity contribution in [3.8, 4) is 0 Å². The van der Waals surface area contributed by atoms with Crippen LogP contribution in [0.25, 0.3) is 0 Å². The molecule has 15 heavy (non-hydrogen) atoms. The molecule has 0 aromatic heterocycles. The Hall–Kier alpha value is 0.270.